The Balaban J connectivity index is 1.71. The number of carbonyl (C=O) groups is 1. The van der Waals surface area contributed by atoms with E-state index in [0.717, 1.165) is 6.54 Å². The molecule has 2 N–H and O–H groups in total. The summed E-state index contributed by atoms with van der Waals surface area (Å²) >= 11 is 0. The zero-order valence-electron chi connectivity index (χ0n) is 21.5. The minimum Gasteiger partial charge on any atom is -0.490 e. The molecule has 0 bridgehead atoms. The first kappa shape index (κ1) is 27.2. The molecule has 1 fully saturated rings. The number of alkyl carbamates (subject to hydrolysis) is 1. The van der Waals surface area contributed by atoms with Crippen molar-refractivity contribution < 1.29 is 31.8 Å². The summed E-state index contributed by atoms with van der Waals surface area (Å²) in [6, 6.07) is 6.82. The third-order valence-electron chi connectivity index (χ3n) is 6.54. The third kappa shape index (κ3) is 6.71. The largest absolute Gasteiger partial charge is 0.490 e. The number of hydrogen-bond acceptors (Lipinski definition) is 5. The predicted molar refractivity (Wildman–Crippen MR) is 131 cm³/mol. The van der Waals surface area contributed by atoms with Gasteiger partial charge in [0.25, 0.3) is 0 Å². The van der Waals surface area contributed by atoms with Gasteiger partial charge in [-0.3, -0.25) is 0 Å². The number of nitrogens with one attached hydrogen (secondary N) is 2. The molecule has 1 aliphatic heterocycles. The van der Waals surface area contributed by atoms with Crippen LogP contribution in [0.2, 0.25) is 0 Å². The lowest BCUT2D eigenvalue weighted by Gasteiger charge is -2.26. The quantitative estimate of drug-likeness (QED) is 0.434. The lowest BCUT2D eigenvalue weighted by Crippen LogP contribution is -2.39. The molecule has 202 valence electrons. The van der Waals surface area contributed by atoms with Crippen LogP contribution in [0.5, 0.6) is 5.75 Å². The van der Waals surface area contributed by atoms with Crippen LogP contribution < -0.4 is 15.4 Å². The highest BCUT2D eigenvalue weighted by molar-refractivity contribution is 5.71. The van der Waals surface area contributed by atoms with Crippen molar-refractivity contribution in [3.8, 4) is 17.0 Å². The summed E-state index contributed by atoms with van der Waals surface area (Å²) in [6.45, 7) is 7.72. The van der Waals surface area contributed by atoms with E-state index in [-0.39, 0.29) is 18.0 Å². The molecular formula is C27H33F4N3O3. The zero-order valence-corrected chi connectivity index (χ0v) is 21.5. The molecule has 1 aliphatic carbocycles. The van der Waals surface area contributed by atoms with E-state index in [1.54, 1.807) is 20.8 Å². The van der Waals surface area contributed by atoms with Gasteiger partial charge in [0.05, 0.1) is 12.3 Å². The van der Waals surface area contributed by atoms with E-state index in [2.05, 4.69) is 15.6 Å². The van der Waals surface area contributed by atoms with Gasteiger partial charge in [0.2, 0.25) is 0 Å². The smallest absolute Gasteiger partial charge is 0.407 e. The van der Waals surface area contributed by atoms with Gasteiger partial charge in [0.1, 0.15) is 28.8 Å². The lowest BCUT2D eigenvalue weighted by molar-refractivity contribution is -0.150. The molecule has 2 aliphatic rings. The maximum absolute atomic E-state index is 14.3. The molecule has 2 aromatic rings. The van der Waals surface area contributed by atoms with Crippen LogP contribution in [0.3, 0.4) is 0 Å². The fourth-order valence-corrected chi connectivity index (χ4v) is 4.35. The van der Waals surface area contributed by atoms with Crippen LogP contribution in [-0.4, -0.2) is 49.1 Å². The Kier molecular flexibility index (Phi) is 7.43. The Labute approximate surface area is 214 Å². The number of aromatic nitrogens is 1. The molecule has 2 heterocycles. The van der Waals surface area contributed by atoms with Crippen molar-refractivity contribution in [3.05, 3.63) is 47.4 Å². The minimum absolute atomic E-state index is 0.213. The van der Waals surface area contributed by atoms with Gasteiger partial charge in [-0.15, -0.1) is 0 Å². The summed E-state index contributed by atoms with van der Waals surface area (Å²) in [6.07, 6.45) is -3.29. The van der Waals surface area contributed by atoms with Crippen LogP contribution in [0.1, 0.15) is 57.7 Å². The predicted octanol–water partition coefficient (Wildman–Crippen LogP) is 5.71. The molecule has 0 unspecified atom stereocenters. The van der Waals surface area contributed by atoms with Gasteiger partial charge in [-0.25, -0.2) is 14.2 Å². The van der Waals surface area contributed by atoms with Crippen LogP contribution in [-0.2, 0) is 10.2 Å². The summed E-state index contributed by atoms with van der Waals surface area (Å²) in [4.78, 5) is 16.5. The molecule has 0 radical (unpaired) electrons. The molecular weight excluding hydrogens is 490 g/mol. The minimum atomic E-state index is -4.70. The Morgan fingerprint density at radius 3 is 2.49 bits per heavy atom. The maximum atomic E-state index is 14.3. The molecule has 10 heteroatoms. The van der Waals surface area contributed by atoms with Crippen LogP contribution in [0.25, 0.3) is 11.3 Å². The van der Waals surface area contributed by atoms with Gasteiger partial charge in [-0.1, -0.05) is 6.92 Å². The van der Waals surface area contributed by atoms with Gasteiger partial charge in [0.15, 0.2) is 0 Å². The molecule has 1 saturated carbocycles. The van der Waals surface area contributed by atoms with Crippen molar-refractivity contribution in [1.29, 1.82) is 0 Å². The van der Waals surface area contributed by atoms with E-state index in [4.69, 9.17) is 9.47 Å². The Morgan fingerprint density at radius 2 is 1.89 bits per heavy atom. The molecule has 1 aromatic heterocycles. The van der Waals surface area contributed by atoms with Crippen LogP contribution >= 0.6 is 0 Å². The number of nitrogens with zero attached hydrogens (tertiary/aromatic N) is 1. The fraction of sp³-hybridized carbons (Fsp3) is 0.556. The number of pyridine rings is 1. The van der Waals surface area contributed by atoms with Crippen LogP contribution in [0, 0.1) is 11.7 Å². The second-order valence-corrected chi connectivity index (χ2v) is 11.2. The van der Waals surface area contributed by atoms with Gasteiger partial charge in [0, 0.05) is 29.6 Å². The number of halogens is 4. The summed E-state index contributed by atoms with van der Waals surface area (Å²) in [5.74, 6) is -1.52. The molecule has 6 nitrogen and oxygen atoms in total. The maximum Gasteiger partial charge on any atom is 0.407 e. The van der Waals surface area contributed by atoms with Gasteiger partial charge < -0.3 is 20.1 Å². The molecule has 0 saturated heterocycles. The van der Waals surface area contributed by atoms with E-state index < -0.39 is 41.6 Å². The van der Waals surface area contributed by atoms with Crippen molar-refractivity contribution in [2.75, 3.05) is 26.2 Å². The number of benzene rings is 1. The third-order valence-corrected chi connectivity index (χ3v) is 6.54. The van der Waals surface area contributed by atoms with Crippen LogP contribution in [0.15, 0.2) is 30.3 Å². The number of hydrogen-bond donors (Lipinski definition) is 2. The topological polar surface area (TPSA) is 72.5 Å². The van der Waals surface area contributed by atoms with E-state index in [1.807, 2.05) is 6.92 Å². The normalized spacial score (nSPS) is 20.2. The average Bonchev–Trinajstić information content (AvgIpc) is 3.54. The summed E-state index contributed by atoms with van der Waals surface area (Å²) < 4.78 is 67.6. The summed E-state index contributed by atoms with van der Waals surface area (Å²) in [5.41, 5.74) is -0.440. The average molecular weight is 524 g/mol. The molecule has 1 aromatic carbocycles. The van der Waals surface area contributed by atoms with E-state index in [0.29, 0.717) is 29.3 Å². The SMILES string of the molecule is CC(C)(C)OC(=O)NC[C@H](c1cc2c(c(-c3ccc(F)cc3)n1)OC[C@]2(C)CNCC1CC1)C(F)(F)F. The van der Waals surface area contributed by atoms with Gasteiger partial charge >= 0.3 is 12.3 Å². The number of carbonyl (C=O) groups excluding carboxylic acids is 1. The number of fused-ring (bicyclic) bond motifs is 1. The summed E-state index contributed by atoms with van der Waals surface area (Å²) in [7, 11) is 0. The molecule has 37 heavy (non-hydrogen) atoms. The molecule has 2 atom stereocenters. The van der Waals surface area contributed by atoms with Crippen molar-refractivity contribution in [2.24, 2.45) is 5.92 Å². The first-order valence-electron chi connectivity index (χ1n) is 12.4. The van der Waals surface area contributed by atoms with E-state index >= 15 is 0 Å². The second kappa shape index (κ2) is 10.1. The number of ether oxygens (including phenoxy) is 2. The van der Waals surface area contributed by atoms with E-state index in [1.165, 1.54) is 43.2 Å². The van der Waals surface area contributed by atoms with Crippen LogP contribution in [0.4, 0.5) is 22.4 Å². The molecule has 0 spiro atoms. The number of alkyl halides is 3. The molecule has 1 amide bonds. The highest BCUT2D eigenvalue weighted by Gasteiger charge is 2.45. The van der Waals surface area contributed by atoms with E-state index in [9.17, 15) is 22.4 Å². The Morgan fingerprint density at radius 1 is 1.22 bits per heavy atom. The number of amides is 1. The standard InChI is InChI=1S/C27H33F4N3O3/c1-25(2,3)37-24(35)33-13-20(27(29,30)31)21-11-19-23(22(34-21)17-7-9-18(28)10-8-17)36-15-26(19,4)14-32-12-16-5-6-16/h7-11,16,20,32H,5-6,12-15H2,1-4H3,(H,33,35)/t20-,26+/m1/s1. The summed E-state index contributed by atoms with van der Waals surface area (Å²) in [5, 5.41) is 5.67. The van der Waals surface area contributed by atoms with Crippen molar-refractivity contribution >= 4 is 6.09 Å². The Bertz CT molecular complexity index is 1130. The van der Waals surface area contributed by atoms with Crippen molar-refractivity contribution in [1.82, 2.24) is 15.6 Å². The van der Waals surface area contributed by atoms with Crippen molar-refractivity contribution in [2.45, 2.75) is 63.6 Å². The second-order valence-electron chi connectivity index (χ2n) is 11.2. The van der Waals surface area contributed by atoms with Crippen molar-refractivity contribution in [3.63, 3.8) is 0 Å². The highest BCUT2D eigenvalue weighted by atomic mass is 19.4. The highest BCUT2D eigenvalue weighted by Crippen LogP contribution is 2.46. The number of rotatable bonds is 8. The Hall–Kier alpha value is -2.88. The monoisotopic (exact) mass is 523 g/mol. The first-order valence-corrected chi connectivity index (χ1v) is 12.4. The zero-order chi connectivity index (χ0) is 27.0. The fourth-order valence-electron chi connectivity index (χ4n) is 4.35. The lowest BCUT2D eigenvalue weighted by atomic mass is 9.82. The molecule has 4 rings (SSSR count). The first-order chi connectivity index (χ1) is 17.2. The van der Waals surface area contributed by atoms with Gasteiger partial charge in [-0.05, 0) is 76.4 Å². The van der Waals surface area contributed by atoms with Gasteiger partial charge in [-0.2, -0.15) is 13.2 Å².